The van der Waals surface area contributed by atoms with Crippen molar-refractivity contribution in [3.63, 3.8) is 0 Å². The van der Waals surface area contributed by atoms with E-state index in [2.05, 4.69) is 15.9 Å². The largest absolute Gasteiger partial charge is 0.311 e. The summed E-state index contributed by atoms with van der Waals surface area (Å²) in [6.07, 6.45) is 0. The Hall–Kier alpha value is -1.70. The zero-order valence-corrected chi connectivity index (χ0v) is 15.4. The fraction of sp³-hybridized carbons (Fsp3) is 0.188. The second kappa shape index (κ2) is 6.82. The van der Waals surface area contributed by atoms with Gasteiger partial charge in [0.2, 0.25) is 10.0 Å². The number of anilines is 1. The van der Waals surface area contributed by atoms with Crippen molar-refractivity contribution in [2.45, 2.75) is 4.90 Å². The number of amides is 1. The number of carbonyl (C=O) groups is 1. The van der Waals surface area contributed by atoms with E-state index in [1.807, 2.05) is 30.3 Å². The molecule has 0 saturated heterocycles. The molecule has 1 amide bonds. The lowest BCUT2D eigenvalue weighted by molar-refractivity contribution is 0.0993. The Labute approximate surface area is 144 Å². The highest BCUT2D eigenvalue weighted by atomic mass is 79.9. The molecule has 0 atom stereocenters. The molecule has 5 nitrogen and oxygen atoms in total. The van der Waals surface area contributed by atoms with Crippen LogP contribution in [0.1, 0.15) is 10.4 Å². The smallest absolute Gasteiger partial charge is 0.258 e. The molecule has 23 heavy (non-hydrogen) atoms. The van der Waals surface area contributed by atoms with E-state index in [0.717, 1.165) is 9.99 Å². The van der Waals surface area contributed by atoms with Crippen LogP contribution in [0.4, 0.5) is 5.69 Å². The van der Waals surface area contributed by atoms with Gasteiger partial charge in [0.1, 0.15) is 0 Å². The van der Waals surface area contributed by atoms with Crippen LogP contribution in [-0.2, 0) is 10.0 Å². The molecule has 0 saturated carbocycles. The van der Waals surface area contributed by atoms with Gasteiger partial charge in [-0.15, -0.1) is 0 Å². The Morgan fingerprint density at radius 2 is 1.61 bits per heavy atom. The summed E-state index contributed by atoms with van der Waals surface area (Å²) in [5.41, 5.74) is 1.04. The van der Waals surface area contributed by atoms with Gasteiger partial charge < -0.3 is 4.90 Å². The second-order valence-electron chi connectivity index (χ2n) is 5.13. The number of hydrogen-bond acceptors (Lipinski definition) is 3. The highest BCUT2D eigenvalue weighted by molar-refractivity contribution is 9.10. The maximum Gasteiger partial charge on any atom is 0.258 e. The van der Waals surface area contributed by atoms with Crippen molar-refractivity contribution in [3.05, 3.63) is 58.6 Å². The van der Waals surface area contributed by atoms with E-state index in [0.29, 0.717) is 10.0 Å². The molecule has 0 spiro atoms. The molecule has 122 valence electrons. The van der Waals surface area contributed by atoms with Crippen LogP contribution in [0.15, 0.2) is 57.9 Å². The monoisotopic (exact) mass is 396 g/mol. The first-order chi connectivity index (χ1) is 10.7. The molecule has 0 aliphatic carbocycles. The number of halogens is 1. The van der Waals surface area contributed by atoms with Crippen LogP contribution in [0.3, 0.4) is 0 Å². The average molecular weight is 397 g/mol. The van der Waals surface area contributed by atoms with Crippen molar-refractivity contribution < 1.29 is 13.2 Å². The lowest BCUT2D eigenvalue weighted by Gasteiger charge is -2.19. The summed E-state index contributed by atoms with van der Waals surface area (Å²) in [5, 5.41) is 0. The Morgan fingerprint density at radius 3 is 2.17 bits per heavy atom. The van der Waals surface area contributed by atoms with Crippen molar-refractivity contribution in [1.29, 1.82) is 0 Å². The highest BCUT2D eigenvalue weighted by Gasteiger charge is 2.23. The summed E-state index contributed by atoms with van der Waals surface area (Å²) in [5.74, 6) is -0.279. The molecule has 2 aromatic rings. The van der Waals surface area contributed by atoms with Gasteiger partial charge in [0.15, 0.2) is 0 Å². The number of benzene rings is 2. The molecular formula is C16H17BrN2O3S. The third-order valence-electron chi connectivity index (χ3n) is 3.38. The normalized spacial score (nSPS) is 11.5. The molecule has 0 heterocycles. The van der Waals surface area contributed by atoms with Crippen molar-refractivity contribution in [2.24, 2.45) is 0 Å². The summed E-state index contributed by atoms with van der Waals surface area (Å²) < 4.78 is 26.2. The predicted octanol–water partition coefficient (Wildman–Crippen LogP) is 2.98. The van der Waals surface area contributed by atoms with E-state index in [-0.39, 0.29) is 10.8 Å². The topological polar surface area (TPSA) is 57.7 Å². The van der Waals surface area contributed by atoms with Gasteiger partial charge in [-0.1, -0.05) is 18.2 Å². The molecule has 0 N–H and O–H groups in total. The van der Waals surface area contributed by atoms with Crippen LogP contribution < -0.4 is 4.90 Å². The van der Waals surface area contributed by atoms with E-state index in [1.165, 1.54) is 25.1 Å². The second-order valence-corrected chi connectivity index (χ2v) is 8.11. The van der Waals surface area contributed by atoms with Gasteiger partial charge in [0.25, 0.3) is 5.91 Å². The predicted molar refractivity (Wildman–Crippen MR) is 94.2 cm³/mol. The SMILES string of the molecule is CN(C(=O)c1ccc(Br)c(S(=O)(=O)N(C)C)c1)c1ccccc1. The Morgan fingerprint density at radius 1 is 1.00 bits per heavy atom. The van der Waals surface area contributed by atoms with E-state index in [9.17, 15) is 13.2 Å². The van der Waals surface area contributed by atoms with Crippen molar-refractivity contribution in [2.75, 3.05) is 26.0 Å². The van der Waals surface area contributed by atoms with Gasteiger partial charge in [-0.2, -0.15) is 0 Å². The lowest BCUT2D eigenvalue weighted by atomic mass is 10.2. The van der Waals surface area contributed by atoms with Crippen LogP contribution in [-0.4, -0.2) is 39.8 Å². The third kappa shape index (κ3) is 3.63. The minimum Gasteiger partial charge on any atom is -0.311 e. The van der Waals surface area contributed by atoms with Crippen molar-refractivity contribution in [3.8, 4) is 0 Å². The van der Waals surface area contributed by atoms with E-state index in [4.69, 9.17) is 0 Å². The first kappa shape index (κ1) is 17.7. The molecule has 2 aromatic carbocycles. The molecule has 0 aliphatic heterocycles. The van der Waals surface area contributed by atoms with E-state index in [1.54, 1.807) is 19.2 Å². The van der Waals surface area contributed by atoms with Crippen LogP contribution in [0.5, 0.6) is 0 Å². The van der Waals surface area contributed by atoms with Crippen LogP contribution >= 0.6 is 15.9 Å². The Kier molecular flexibility index (Phi) is 5.23. The first-order valence-corrected chi connectivity index (χ1v) is 9.03. The van der Waals surface area contributed by atoms with Gasteiger partial charge in [-0.3, -0.25) is 4.79 Å². The van der Waals surface area contributed by atoms with E-state index >= 15 is 0 Å². The summed E-state index contributed by atoms with van der Waals surface area (Å²) in [7, 11) is 0.916. The maximum atomic E-state index is 12.6. The van der Waals surface area contributed by atoms with Crippen LogP contribution in [0.2, 0.25) is 0 Å². The van der Waals surface area contributed by atoms with Gasteiger partial charge in [0, 0.05) is 36.9 Å². The summed E-state index contributed by atoms with van der Waals surface area (Å²) >= 11 is 3.23. The lowest BCUT2D eigenvalue weighted by Crippen LogP contribution is -2.27. The molecule has 0 bridgehead atoms. The highest BCUT2D eigenvalue weighted by Crippen LogP contribution is 2.26. The molecule has 0 aliphatic rings. The molecule has 7 heteroatoms. The van der Waals surface area contributed by atoms with Crippen molar-refractivity contribution >= 4 is 37.5 Å². The molecular weight excluding hydrogens is 380 g/mol. The van der Waals surface area contributed by atoms with Crippen LogP contribution in [0.25, 0.3) is 0 Å². The zero-order chi connectivity index (χ0) is 17.2. The summed E-state index contributed by atoms with van der Waals surface area (Å²) in [4.78, 5) is 14.2. The Balaban J connectivity index is 2.44. The number of nitrogens with zero attached hydrogens (tertiary/aromatic N) is 2. The molecule has 0 radical (unpaired) electrons. The zero-order valence-electron chi connectivity index (χ0n) is 13.0. The number of sulfonamides is 1. The fourth-order valence-corrected chi connectivity index (χ4v) is 3.84. The van der Waals surface area contributed by atoms with Gasteiger partial charge in [-0.25, -0.2) is 12.7 Å². The van der Waals surface area contributed by atoms with Gasteiger partial charge >= 0.3 is 0 Å². The third-order valence-corrected chi connectivity index (χ3v) is 6.19. The van der Waals surface area contributed by atoms with Crippen molar-refractivity contribution in [1.82, 2.24) is 4.31 Å². The standard InChI is InChI=1S/C16H17BrN2O3S/c1-18(2)23(21,22)15-11-12(9-10-14(15)17)16(20)19(3)13-7-5-4-6-8-13/h4-11H,1-3H3. The number of rotatable bonds is 4. The van der Waals surface area contributed by atoms with Gasteiger partial charge in [0.05, 0.1) is 4.90 Å². The maximum absolute atomic E-state index is 12.6. The number of carbonyl (C=O) groups excluding carboxylic acids is 1. The number of para-hydroxylation sites is 1. The molecule has 0 fully saturated rings. The van der Waals surface area contributed by atoms with E-state index < -0.39 is 10.0 Å². The quantitative estimate of drug-likeness (QED) is 0.797. The minimum absolute atomic E-state index is 0.0646. The summed E-state index contributed by atoms with van der Waals surface area (Å²) in [6, 6.07) is 13.7. The minimum atomic E-state index is -3.64. The first-order valence-electron chi connectivity index (χ1n) is 6.80. The fourth-order valence-electron chi connectivity index (χ4n) is 1.99. The molecule has 0 unspecified atom stereocenters. The average Bonchev–Trinajstić information content (AvgIpc) is 2.54. The molecule has 0 aromatic heterocycles. The molecule has 2 rings (SSSR count). The summed E-state index contributed by atoms with van der Waals surface area (Å²) in [6.45, 7) is 0. The Bertz CT molecular complexity index is 820. The number of hydrogen-bond donors (Lipinski definition) is 0. The van der Waals surface area contributed by atoms with Crippen LogP contribution in [0, 0.1) is 0 Å². The van der Waals surface area contributed by atoms with Gasteiger partial charge in [-0.05, 0) is 46.3 Å².